The van der Waals surface area contributed by atoms with Crippen molar-refractivity contribution in [2.45, 2.75) is 26.1 Å². The maximum absolute atomic E-state index is 11.7. The van der Waals surface area contributed by atoms with Crippen molar-refractivity contribution in [3.05, 3.63) is 16.1 Å². The van der Waals surface area contributed by atoms with Gasteiger partial charge in [-0.05, 0) is 6.92 Å². The van der Waals surface area contributed by atoms with Crippen LogP contribution in [0.4, 0.5) is 13.2 Å². The van der Waals surface area contributed by atoms with Gasteiger partial charge in [-0.3, -0.25) is 0 Å². The van der Waals surface area contributed by atoms with Crippen molar-refractivity contribution < 1.29 is 13.2 Å². The molecule has 0 atom stereocenters. The molecule has 1 N–H and O–H groups in total. The third-order valence-corrected chi connectivity index (χ3v) is 2.49. The van der Waals surface area contributed by atoms with E-state index in [2.05, 4.69) is 10.3 Å². The highest BCUT2D eigenvalue weighted by Gasteiger charge is 2.25. The van der Waals surface area contributed by atoms with Gasteiger partial charge in [0.25, 0.3) is 0 Å². The number of thiazole rings is 1. The molecule has 0 aromatic carbocycles. The Balaban J connectivity index is 2.16. The number of rotatable bonds is 4. The Bertz CT molecular complexity index is 282. The van der Waals surface area contributed by atoms with Crippen LogP contribution in [0.15, 0.2) is 5.38 Å². The average Bonchev–Trinajstić information content (AvgIpc) is 2.44. The van der Waals surface area contributed by atoms with Crippen LogP contribution in [-0.2, 0) is 6.54 Å². The summed E-state index contributed by atoms with van der Waals surface area (Å²) in [6.07, 6.45) is -4.87. The maximum Gasteiger partial charge on any atom is 0.390 e. The minimum atomic E-state index is -4.08. The molecule has 0 aliphatic rings. The van der Waals surface area contributed by atoms with Gasteiger partial charge in [0.15, 0.2) is 0 Å². The number of aryl methyl sites for hydroxylation is 1. The zero-order valence-electron chi connectivity index (χ0n) is 7.69. The van der Waals surface area contributed by atoms with E-state index in [1.165, 1.54) is 11.3 Å². The van der Waals surface area contributed by atoms with Crippen LogP contribution in [0.1, 0.15) is 17.1 Å². The van der Waals surface area contributed by atoms with E-state index < -0.39 is 12.6 Å². The molecule has 0 fully saturated rings. The van der Waals surface area contributed by atoms with Crippen molar-refractivity contribution in [2.75, 3.05) is 6.54 Å². The summed E-state index contributed by atoms with van der Waals surface area (Å²) in [6.45, 7) is 2.21. The molecule has 0 saturated carbocycles. The second-order valence-electron chi connectivity index (χ2n) is 2.92. The van der Waals surface area contributed by atoms with Crippen LogP contribution in [0, 0.1) is 6.92 Å². The highest BCUT2D eigenvalue weighted by atomic mass is 32.1. The van der Waals surface area contributed by atoms with Gasteiger partial charge in [-0.1, -0.05) is 0 Å². The zero-order valence-corrected chi connectivity index (χ0v) is 8.50. The molecule has 0 saturated heterocycles. The average molecular weight is 224 g/mol. The molecule has 1 aromatic heterocycles. The van der Waals surface area contributed by atoms with Gasteiger partial charge in [0.1, 0.15) is 5.01 Å². The van der Waals surface area contributed by atoms with Gasteiger partial charge in [-0.25, -0.2) is 4.98 Å². The summed E-state index contributed by atoms with van der Waals surface area (Å²) >= 11 is 1.45. The van der Waals surface area contributed by atoms with E-state index in [9.17, 15) is 13.2 Å². The Morgan fingerprint density at radius 2 is 2.21 bits per heavy atom. The lowest BCUT2D eigenvalue weighted by atomic mass is 10.4. The van der Waals surface area contributed by atoms with Gasteiger partial charge < -0.3 is 5.32 Å². The highest BCUT2D eigenvalue weighted by molar-refractivity contribution is 7.09. The highest BCUT2D eigenvalue weighted by Crippen LogP contribution is 2.18. The van der Waals surface area contributed by atoms with Crippen LogP contribution in [0.25, 0.3) is 0 Å². The first-order valence-electron chi connectivity index (χ1n) is 4.16. The maximum atomic E-state index is 11.7. The summed E-state index contributed by atoms with van der Waals surface area (Å²) in [5.74, 6) is 0. The van der Waals surface area contributed by atoms with E-state index in [0.717, 1.165) is 10.7 Å². The van der Waals surface area contributed by atoms with Gasteiger partial charge in [0.2, 0.25) is 0 Å². The van der Waals surface area contributed by atoms with Crippen molar-refractivity contribution in [1.29, 1.82) is 0 Å². The zero-order chi connectivity index (χ0) is 10.6. The lowest BCUT2D eigenvalue weighted by Gasteiger charge is -2.05. The molecule has 80 valence electrons. The predicted octanol–water partition coefficient (Wildman–Crippen LogP) is 2.49. The SMILES string of the molecule is Cc1csc(CNCCC(F)(F)F)n1. The van der Waals surface area contributed by atoms with Crippen molar-refractivity contribution in [1.82, 2.24) is 10.3 Å². The summed E-state index contributed by atoms with van der Waals surface area (Å²) in [7, 11) is 0. The van der Waals surface area contributed by atoms with Crippen molar-refractivity contribution in [3.8, 4) is 0 Å². The lowest BCUT2D eigenvalue weighted by Crippen LogP contribution is -2.21. The van der Waals surface area contributed by atoms with E-state index in [4.69, 9.17) is 0 Å². The Kier molecular flexibility index (Phi) is 3.88. The molecule has 1 rings (SSSR count). The minimum Gasteiger partial charge on any atom is -0.310 e. The van der Waals surface area contributed by atoms with Gasteiger partial charge in [-0.15, -0.1) is 11.3 Å². The Morgan fingerprint density at radius 1 is 1.50 bits per heavy atom. The Hall–Kier alpha value is -0.620. The van der Waals surface area contributed by atoms with Crippen molar-refractivity contribution >= 4 is 11.3 Å². The number of halogens is 3. The van der Waals surface area contributed by atoms with E-state index >= 15 is 0 Å². The van der Waals surface area contributed by atoms with Crippen LogP contribution >= 0.6 is 11.3 Å². The molecule has 0 spiro atoms. The quantitative estimate of drug-likeness (QED) is 0.795. The summed E-state index contributed by atoms with van der Waals surface area (Å²) in [6, 6.07) is 0. The third kappa shape index (κ3) is 4.57. The first-order chi connectivity index (χ1) is 6.47. The third-order valence-electron chi connectivity index (χ3n) is 1.53. The summed E-state index contributed by atoms with van der Waals surface area (Å²) in [5.41, 5.74) is 0.905. The number of nitrogens with one attached hydrogen (secondary N) is 1. The Morgan fingerprint density at radius 3 is 2.71 bits per heavy atom. The first-order valence-corrected chi connectivity index (χ1v) is 5.04. The fraction of sp³-hybridized carbons (Fsp3) is 0.625. The smallest absolute Gasteiger partial charge is 0.310 e. The minimum absolute atomic E-state index is 0.0534. The number of aromatic nitrogens is 1. The second-order valence-corrected chi connectivity index (χ2v) is 3.87. The lowest BCUT2D eigenvalue weighted by molar-refractivity contribution is -0.133. The van der Waals surface area contributed by atoms with Crippen LogP contribution in [-0.4, -0.2) is 17.7 Å². The molecular formula is C8H11F3N2S. The standard InChI is InChI=1S/C8H11F3N2S/c1-6-5-14-7(13-6)4-12-3-2-8(9,10)11/h5,12H,2-4H2,1H3. The summed E-state index contributed by atoms with van der Waals surface area (Å²) in [5, 5.41) is 5.40. The Labute approximate surface area is 84.2 Å². The molecule has 0 radical (unpaired) electrons. The fourth-order valence-corrected chi connectivity index (χ4v) is 1.65. The van der Waals surface area contributed by atoms with Gasteiger partial charge >= 0.3 is 6.18 Å². The van der Waals surface area contributed by atoms with Crippen LogP contribution in [0.3, 0.4) is 0 Å². The van der Waals surface area contributed by atoms with Crippen LogP contribution in [0.2, 0.25) is 0 Å². The van der Waals surface area contributed by atoms with Gasteiger partial charge in [0.05, 0.1) is 6.42 Å². The fourth-order valence-electron chi connectivity index (χ4n) is 0.909. The summed E-state index contributed by atoms with van der Waals surface area (Å²) < 4.78 is 35.2. The molecule has 0 unspecified atom stereocenters. The number of nitrogens with zero attached hydrogens (tertiary/aromatic N) is 1. The molecule has 0 amide bonds. The molecule has 0 bridgehead atoms. The van der Waals surface area contributed by atoms with Crippen LogP contribution < -0.4 is 5.32 Å². The molecule has 2 nitrogen and oxygen atoms in total. The summed E-state index contributed by atoms with van der Waals surface area (Å²) in [4.78, 5) is 4.12. The molecule has 14 heavy (non-hydrogen) atoms. The molecular weight excluding hydrogens is 213 g/mol. The molecule has 1 aromatic rings. The molecule has 0 aliphatic carbocycles. The van der Waals surface area contributed by atoms with E-state index in [-0.39, 0.29) is 6.54 Å². The monoisotopic (exact) mass is 224 g/mol. The molecule has 1 heterocycles. The normalized spacial score (nSPS) is 12.0. The van der Waals surface area contributed by atoms with Crippen molar-refractivity contribution in [2.24, 2.45) is 0 Å². The van der Waals surface area contributed by atoms with Crippen molar-refractivity contribution in [3.63, 3.8) is 0 Å². The topological polar surface area (TPSA) is 24.9 Å². The largest absolute Gasteiger partial charge is 0.390 e. The van der Waals surface area contributed by atoms with Crippen LogP contribution in [0.5, 0.6) is 0 Å². The number of hydrogen-bond donors (Lipinski definition) is 1. The van der Waals surface area contributed by atoms with Gasteiger partial charge in [0, 0.05) is 24.2 Å². The molecule has 0 aliphatic heterocycles. The number of hydrogen-bond acceptors (Lipinski definition) is 3. The second kappa shape index (κ2) is 4.75. The first kappa shape index (κ1) is 11.5. The molecule has 6 heteroatoms. The predicted molar refractivity (Wildman–Crippen MR) is 49.2 cm³/mol. The van der Waals surface area contributed by atoms with E-state index in [1.807, 2.05) is 12.3 Å². The number of alkyl halides is 3. The van der Waals surface area contributed by atoms with Gasteiger partial charge in [-0.2, -0.15) is 13.2 Å². The van der Waals surface area contributed by atoms with E-state index in [0.29, 0.717) is 6.54 Å². The van der Waals surface area contributed by atoms with E-state index in [1.54, 1.807) is 0 Å².